The molecular weight excluding hydrogens is 208 g/mol. The van der Waals surface area contributed by atoms with Gasteiger partial charge in [-0.25, -0.2) is 0 Å². The maximum Gasteiger partial charge on any atom is 0.0233 e. The van der Waals surface area contributed by atoms with Crippen LogP contribution in [0.5, 0.6) is 0 Å². The third kappa shape index (κ3) is 4.88. The molecule has 2 heteroatoms. The molecule has 1 N–H and O–H groups in total. The smallest absolute Gasteiger partial charge is 0.0233 e. The summed E-state index contributed by atoms with van der Waals surface area (Å²) in [7, 11) is 2.07. The molecule has 0 aliphatic carbocycles. The van der Waals surface area contributed by atoms with Crippen molar-refractivity contribution in [3.8, 4) is 0 Å². The Balaban J connectivity index is 0.000000686. The molecule has 2 nitrogen and oxygen atoms in total. The van der Waals surface area contributed by atoms with Crippen molar-refractivity contribution in [3.05, 3.63) is 35.9 Å². The van der Waals surface area contributed by atoms with Crippen molar-refractivity contribution in [2.24, 2.45) is 0 Å². The molecule has 96 valence electrons. The van der Waals surface area contributed by atoms with Crippen LogP contribution in [0, 0.1) is 0 Å². The zero-order chi connectivity index (χ0) is 12.5. The van der Waals surface area contributed by atoms with Crippen LogP contribution < -0.4 is 5.32 Å². The van der Waals surface area contributed by atoms with Crippen molar-refractivity contribution in [2.45, 2.75) is 39.3 Å². The summed E-state index contributed by atoms with van der Waals surface area (Å²) >= 11 is 0. The average Bonchev–Trinajstić information content (AvgIpc) is 2.43. The van der Waals surface area contributed by atoms with Gasteiger partial charge in [0, 0.05) is 12.6 Å². The number of hydrogen-bond acceptors (Lipinski definition) is 2. The Kier molecular flexibility index (Phi) is 6.90. The molecule has 1 aromatic rings. The van der Waals surface area contributed by atoms with Gasteiger partial charge in [0.15, 0.2) is 0 Å². The van der Waals surface area contributed by atoms with E-state index in [1.54, 1.807) is 0 Å². The molecule has 1 aliphatic heterocycles. The van der Waals surface area contributed by atoms with Gasteiger partial charge >= 0.3 is 0 Å². The minimum absolute atomic E-state index is 0.733. The third-order valence-electron chi connectivity index (χ3n) is 3.24. The summed E-state index contributed by atoms with van der Waals surface area (Å²) in [5.74, 6) is 0. The molecule has 0 atom stereocenters. The number of benzene rings is 1. The lowest BCUT2D eigenvalue weighted by molar-refractivity contribution is 0.194. The Morgan fingerprint density at radius 1 is 1.12 bits per heavy atom. The van der Waals surface area contributed by atoms with Crippen molar-refractivity contribution >= 4 is 0 Å². The quantitative estimate of drug-likeness (QED) is 0.865. The van der Waals surface area contributed by atoms with E-state index >= 15 is 0 Å². The first-order valence-electron chi connectivity index (χ1n) is 6.82. The Labute approximate surface area is 106 Å². The molecule has 1 heterocycles. The Bertz CT molecular complexity index is 276. The number of piperidine rings is 1. The monoisotopic (exact) mass is 234 g/mol. The Morgan fingerprint density at radius 2 is 1.71 bits per heavy atom. The molecule has 0 unspecified atom stereocenters. The second-order valence-corrected chi connectivity index (χ2v) is 4.32. The van der Waals surface area contributed by atoms with Gasteiger partial charge in [-0.2, -0.15) is 0 Å². The highest BCUT2D eigenvalue weighted by molar-refractivity contribution is 5.14. The number of hydrogen-bond donors (Lipinski definition) is 1. The number of rotatable bonds is 3. The van der Waals surface area contributed by atoms with Gasteiger partial charge in [-0.15, -0.1) is 0 Å². The molecule has 17 heavy (non-hydrogen) atoms. The summed E-state index contributed by atoms with van der Waals surface area (Å²) in [5.41, 5.74) is 1.43. The van der Waals surface area contributed by atoms with Crippen LogP contribution in [0.3, 0.4) is 0 Å². The fourth-order valence-electron chi connectivity index (χ4n) is 2.22. The van der Waals surface area contributed by atoms with Crippen molar-refractivity contribution < 1.29 is 0 Å². The van der Waals surface area contributed by atoms with E-state index in [4.69, 9.17) is 0 Å². The molecule has 2 rings (SSSR count). The first kappa shape index (κ1) is 14.2. The molecule has 0 aromatic heterocycles. The van der Waals surface area contributed by atoms with Crippen molar-refractivity contribution in [3.63, 3.8) is 0 Å². The summed E-state index contributed by atoms with van der Waals surface area (Å²) in [5, 5.41) is 3.36. The normalized spacial score (nSPS) is 17.4. The predicted molar refractivity (Wildman–Crippen MR) is 75.1 cm³/mol. The zero-order valence-corrected chi connectivity index (χ0v) is 11.4. The summed E-state index contributed by atoms with van der Waals surface area (Å²) in [4.78, 5) is 2.54. The van der Waals surface area contributed by atoms with Crippen LogP contribution in [0.15, 0.2) is 30.3 Å². The average molecular weight is 234 g/mol. The van der Waals surface area contributed by atoms with Gasteiger partial charge in [-0.05, 0) is 38.5 Å². The van der Waals surface area contributed by atoms with Crippen LogP contribution in [0.1, 0.15) is 32.3 Å². The summed E-state index contributed by atoms with van der Waals surface area (Å²) in [6.07, 6.45) is 2.56. The van der Waals surface area contributed by atoms with Crippen molar-refractivity contribution in [1.29, 1.82) is 0 Å². The van der Waals surface area contributed by atoms with Gasteiger partial charge in [-0.1, -0.05) is 44.2 Å². The van der Waals surface area contributed by atoms with Crippen LogP contribution in [-0.2, 0) is 6.54 Å². The first-order valence-corrected chi connectivity index (χ1v) is 6.82. The first-order chi connectivity index (χ1) is 8.38. The van der Waals surface area contributed by atoms with Gasteiger partial charge in [0.1, 0.15) is 0 Å². The molecule has 0 spiro atoms. The van der Waals surface area contributed by atoms with E-state index in [0.717, 1.165) is 12.6 Å². The highest BCUT2D eigenvalue weighted by Crippen LogP contribution is 2.13. The third-order valence-corrected chi connectivity index (χ3v) is 3.24. The standard InChI is InChI=1S/C13H20N2.C2H6/c1-14-13-7-9-15(10-8-13)11-12-5-3-2-4-6-12;1-2/h2-6,13-14H,7-11H2,1H3;1-2H3. The summed E-state index contributed by atoms with van der Waals surface area (Å²) in [6, 6.07) is 11.5. The number of nitrogens with one attached hydrogen (secondary N) is 1. The maximum absolute atomic E-state index is 3.36. The van der Waals surface area contributed by atoms with E-state index < -0.39 is 0 Å². The van der Waals surface area contributed by atoms with Gasteiger partial charge in [-0.3, -0.25) is 4.90 Å². The lowest BCUT2D eigenvalue weighted by atomic mass is 10.0. The molecule has 0 bridgehead atoms. The summed E-state index contributed by atoms with van der Waals surface area (Å²) < 4.78 is 0. The van der Waals surface area contributed by atoms with E-state index in [2.05, 4.69) is 47.6 Å². The van der Waals surface area contributed by atoms with Crippen LogP contribution in [0.2, 0.25) is 0 Å². The van der Waals surface area contributed by atoms with Crippen LogP contribution in [0.4, 0.5) is 0 Å². The number of likely N-dealkylation sites (tertiary alicyclic amines) is 1. The van der Waals surface area contributed by atoms with Crippen molar-refractivity contribution in [2.75, 3.05) is 20.1 Å². The minimum Gasteiger partial charge on any atom is -0.317 e. The van der Waals surface area contributed by atoms with Crippen LogP contribution in [-0.4, -0.2) is 31.1 Å². The molecule has 0 radical (unpaired) electrons. The predicted octanol–water partition coefficient (Wildman–Crippen LogP) is 2.90. The molecule has 1 saturated heterocycles. The molecular formula is C15H26N2. The van der Waals surface area contributed by atoms with Gasteiger partial charge in [0.2, 0.25) is 0 Å². The highest BCUT2D eigenvalue weighted by atomic mass is 15.1. The topological polar surface area (TPSA) is 15.3 Å². The molecule has 1 aliphatic rings. The van der Waals surface area contributed by atoms with Gasteiger partial charge in [0.05, 0.1) is 0 Å². The van der Waals surface area contributed by atoms with Crippen LogP contribution in [0.25, 0.3) is 0 Å². The van der Waals surface area contributed by atoms with Gasteiger partial charge < -0.3 is 5.32 Å². The molecule has 1 fully saturated rings. The Hall–Kier alpha value is -0.860. The highest BCUT2D eigenvalue weighted by Gasteiger charge is 2.17. The molecule has 1 aromatic carbocycles. The Morgan fingerprint density at radius 3 is 2.24 bits per heavy atom. The van der Waals surface area contributed by atoms with E-state index in [9.17, 15) is 0 Å². The summed E-state index contributed by atoms with van der Waals surface area (Å²) in [6.45, 7) is 7.55. The lowest BCUT2D eigenvalue weighted by Crippen LogP contribution is -2.40. The lowest BCUT2D eigenvalue weighted by Gasteiger charge is -2.31. The minimum atomic E-state index is 0.733. The second kappa shape index (κ2) is 8.26. The fraction of sp³-hybridized carbons (Fsp3) is 0.600. The van der Waals surface area contributed by atoms with Crippen molar-refractivity contribution in [1.82, 2.24) is 10.2 Å². The fourth-order valence-corrected chi connectivity index (χ4v) is 2.22. The van der Waals surface area contributed by atoms with Gasteiger partial charge in [0.25, 0.3) is 0 Å². The van der Waals surface area contributed by atoms with Crippen LogP contribution >= 0.6 is 0 Å². The SMILES string of the molecule is CC.CNC1CCN(Cc2ccccc2)CC1. The molecule has 0 amide bonds. The largest absolute Gasteiger partial charge is 0.317 e. The zero-order valence-electron chi connectivity index (χ0n) is 11.4. The second-order valence-electron chi connectivity index (χ2n) is 4.32. The van der Waals surface area contributed by atoms with E-state index in [1.807, 2.05) is 13.8 Å². The van der Waals surface area contributed by atoms with E-state index in [-0.39, 0.29) is 0 Å². The molecule has 0 saturated carbocycles. The van der Waals surface area contributed by atoms with E-state index in [0.29, 0.717) is 0 Å². The van der Waals surface area contributed by atoms with E-state index in [1.165, 1.54) is 31.5 Å². The number of nitrogens with zero attached hydrogens (tertiary/aromatic N) is 1. The maximum atomic E-state index is 3.36.